The number of carbonyl (C=O) groups excluding carboxylic acids is 2. The topological polar surface area (TPSA) is 156 Å². The third-order valence-electron chi connectivity index (χ3n) is 5.11. The van der Waals surface area contributed by atoms with Gasteiger partial charge in [-0.15, -0.1) is 4.80 Å². The molecule has 39 heavy (non-hydrogen) atoms. The number of ether oxygens (including phenoxy) is 1. The molecule has 0 aliphatic heterocycles. The first-order chi connectivity index (χ1) is 18.2. The van der Waals surface area contributed by atoms with Crippen molar-refractivity contribution >= 4 is 29.3 Å². The van der Waals surface area contributed by atoms with Gasteiger partial charge in [-0.3, -0.25) is 4.79 Å². The molecule has 4 aromatic heterocycles. The molecule has 0 radical (unpaired) electrons. The van der Waals surface area contributed by atoms with Gasteiger partial charge in [0, 0.05) is 5.56 Å². The summed E-state index contributed by atoms with van der Waals surface area (Å²) in [6.07, 6.45) is -1.99. The molecule has 0 aliphatic rings. The Hall–Kier alpha value is -4.60. The molecule has 0 aliphatic carbocycles. The second-order valence-electron chi connectivity index (χ2n) is 8.94. The number of carbonyl (C=O) groups is 2. The smallest absolute Gasteiger partial charge is 0.388 e. The number of halogens is 5. The predicted molar refractivity (Wildman–Crippen MR) is 127 cm³/mol. The van der Waals surface area contributed by atoms with Gasteiger partial charge >= 0.3 is 12.3 Å². The van der Waals surface area contributed by atoms with Crippen molar-refractivity contribution in [1.82, 2.24) is 34.7 Å². The van der Waals surface area contributed by atoms with Crippen molar-refractivity contribution in [2.75, 3.05) is 5.32 Å². The van der Waals surface area contributed by atoms with Gasteiger partial charge < -0.3 is 15.8 Å². The van der Waals surface area contributed by atoms with E-state index in [0.717, 1.165) is 17.1 Å². The third-order valence-corrected chi connectivity index (χ3v) is 5.38. The fourth-order valence-corrected chi connectivity index (χ4v) is 3.68. The van der Waals surface area contributed by atoms with E-state index < -0.39 is 52.4 Å². The normalized spacial score (nSPS) is 11.9. The molecule has 4 aromatic rings. The van der Waals surface area contributed by atoms with E-state index >= 15 is 0 Å². The number of rotatable bonds is 5. The highest BCUT2D eigenvalue weighted by atomic mass is 35.5. The predicted octanol–water partition coefficient (Wildman–Crippen LogP) is 4.06. The second-order valence-corrected chi connectivity index (χ2v) is 9.34. The van der Waals surface area contributed by atoms with Crippen molar-refractivity contribution in [3.05, 3.63) is 64.6 Å². The second kappa shape index (κ2) is 9.94. The highest BCUT2D eigenvalue weighted by molar-refractivity contribution is 6.32. The van der Waals surface area contributed by atoms with Gasteiger partial charge in [0.1, 0.15) is 0 Å². The maximum Gasteiger partial charge on any atom is 0.434 e. The number of nitrogens with two attached hydrogens (primary N) is 1. The molecule has 0 bridgehead atoms. The van der Waals surface area contributed by atoms with Crippen LogP contribution in [0.5, 0.6) is 5.88 Å². The van der Waals surface area contributed by atoms with Crippen LogP contribution in [0.3, 0.4) is 0 Å². The first-order valence-corrected chi connectivity index (χ1v) is 11.2. The standard InChI is InChI=1S/C22H18ClF4N9O3/c1-21(2,3)12-7-14(34-19(15(12)24)39-20(28)38)35-16(22(25,26)27)11(9-32-35)18(37)33-10-6-13(23)17(29-8-10)36-30-4-5-31-36/h4-9H,1-3H3,(H2,28,38)(H,33,37). The van der Waals surface area contributed by atoms with Gasteiger partial charge in [0.05, 0.1) is 41.1 Å². The van der Waals surface area contributed by atoms with Crippen LogP contribution in [0.2, 0.25) is 5.02 Å². The lowest BCUT2D eigenvalue weighted by molar-refractivity contribution is -0.143. The minimum absolute atomic E-state index is 0.00272. The Morgan fingerprint density at radius 2 is 1.74 bits per heavy atom. The Morgan fingerprint density at radius 3 is 2.31 bits per heavy atom. The van der Waals surface area contributed by atoms with Crippen LogP contribution in [0.15, 0.2) is 36.9 Å². The summed E-state index contributed by atoms with van der Waals surface area (Å²) < 4.78 is 62.5. The molecular weight excluding hydrogens is 550 g/mol. The van der Waals surface area contributed by atoms with Crippen LogP contribution in [0.4, 0.5) is 28.0 Å². The summed E-state index contributed by atoms with van der Waals surface area (Å²) in [6.45, 7) is 4.72. The summed E-state index contributed by atoms with van der Waals surface area (Å²) in [5, 5.41) is 13.7. The Balaban J connectivity index is 1.77. The minimum atomic E-state index is -5.13. The molecule has 0 aromatic carbocycles. The number of aromatic nitrogens is 7. The molecule has 0 saturated carbocycles. The molecule has 17 heteroatoms. The largest absolute Gasteiger partial charge is 0.434 e. The van der Waals surface area contributed by atoms with Crippen molar-refractivity contribution in [2.45, 2.75) is 32.4 Å². The molecule has 0 unspecified atom stereocenters. The van der Waals surface area contributed by atoms with Gasteiger partial charge in [-0.2, -0.15) is 33.5 Å². The lowest BCUT2D eigenvalue weighted by Crippen LogP contribution is -2.24. The van der Waals surface area contributed by atoms with Gasteiger partial charge in [-0.25, -0.2) is 18.9 Å². The van der Waals surface area contributed by atoms with Crippen molar-refractivity contribution in [1.29, 1.82) is 0 Å². The number of pyridine rings is 2. The number of nitrogens with zero attached hydrogens (tertiary/aromatic N) is 7. The monoisotopic (exact) mass is 567 g/mol. The van der Waals surface area contributed by atoms with E-state index in [0.29, 0.717) is 6.20 Å². The van der Waals surface area contributed by atoms with Crippen LogP contribution in [0.25, 0.3) is 11.6 Å². The molecular formula is C22H18ClF4N9O3. The zero-order valence-electron chi connectivity index (χ0n) is 20.3. The average Bonchev–Trinajstić information content (AvgIpc) is 3.49. The highest BCUT2D eigenvalue weighted by Crippen LogP contribution is 2.36. The number of hydrogen-bond acceptors (Lipinski definition) is 8. The van der Waals surface area contributed by atoms with Crippen LogP contribution in [0.1, 0.15) is 42.4 Å². The molecule has 12 nitrogen and oxygen atoms in total. The van der Waals surface area contributed by atoms with Crippen LogP contribution in [-0.2, 0) is 11.6 Å². The maximum absolute atomic E-state index is 14.9. The Morgan fingerprint density at radius 1 is 1.08 bits per heavy atom. The first-order valence-electron chi connectivity index (χ1n) is 10.8. The third kappa shape index (κ3) is 5.64. The quantitative estimate of drug-likeness (QED) is 0.342. The van der Waals surface area contributed by atoms with Gasteiger partial charge in [0.2, 0.25) is 0 Å². The molecule has 0 fully saturated rings. The lowest BCUT2D eigenvalue weighted by Gasteiger charge is -2.22. The molecule has 204 valence electrons. The van der Waals surface area contributed by atoms with Crippen molar-refractivity contribution < 1.29 is 31.9 Å². The van der Waals surface area contributed by atoms with Gasteiger partial charge in [0.15, 0.2) is 23.1 Å². The van der Waals surface area contributed by atoms with E-state index in [9.17, 15) is 27.2 Å². The number of nitrogens with one attached hydrogen (secondary N) is 1. The maximum atomic E-state index is 14.9. The molecule has 2 amide bonds. The fraction of sp³-hybridized carbons (Fsp3) is 0.227. The summed E-state index contributed by atoms with van der Waals surface area (Å²) in [5.74, 6) is -3.71. The Bertz CT molecular complexity index is 1560. The molecule has 4 heterocycles. The van der Waals surface area contributed by atoms with Crippen molar-refractivity contribution in [3.63, 3.8) is 0 Å². The summed E-state index contributed by atoms with van der Waals surface area (Å²) in [4.78, 5) is 33.0. The summed E-state index contributed by atoms with van der Waals surface area (Å²) >= 11 is 6.16. The summed E-state index contributed by atoms with van der Waals surface area (Å²) in [6, 6.07) is 2.24. The van der Waals surface area contributed by atoms with Gasteiger partial charge in [-0.05, 0) is 17.5 Å². The fourth-order valence-electron chi connectivity index (χ4n) is 3.44. The lowest BCUT2D eigenvalue weighted by atomic mass is 9.87. The van der Waals surface area contributed by atoms with Crippen LogP contribution in [-0.4, -0.2) is 46.7 Å². The molecule has 4 rings (SSSR count). The van der Waals surface area contributed by atoms with Crippen LogP contribution < -0.4 is 15.8 Å². The molecule has 0 saturated heterocycles. The molecule has 0 spiro atoms. The van der Waals surface area contributed by atoms with E-state index in [2.05, 4.69) is 35.3 Å². The first kappa shape index (κ1) is 27.4. The van der Waals surface area contributed by atoms with Crippen LogP contribution >= 0.6 is 11.6 Å². The van der Waals surface area contributed by atoms with E-state index in [1.165, 1.54) is 18.5 Å². The van der Waals surface area contributed by atoms with Crippen LogP contribution in [0, 0.1) is 5.82 Å². The van der Waals surface area contributed by atoms with Gasteiger partial charge in [-0.1, -0.05) is 32.4 Å². The van der Waals surface area contributed by atoms with Crippen molar-refractivity contribution in [3.8, 4) is 17.5 Å². The molecule has 0 atom stereocenters. The van der Waals surface area contributed by atoms with E-state index in [-0.39, 0.29) is 26.8 Å². The number of hydrogen-bond donors (Lipinski definition) is 2. The van der Waals surface area contributed by atoms with Crippen molar-refractivity contribution in [2.24, 2.45) is 5.73 Å². The summed E-state index contributed by atoms with van der Waals surface area (Å²) in [5.41, 5.74) is 1.39. The zero-order chi connectivity index (χ0) is 28.7. The molecule has 3 N–H and O–H groups in total. The van der Waals surface area contributed by atoms with E-state index in [1.807, 2.05) is 0 Å². The zero-order valence-corrected chi connectivity index (χ0v) is 21.0. The number of anilines is 1. The SMILES string of the molecule is CC(C)(C)c1cc(-n2ncc(C(=O)Nc3cnc(-n4nccn4)c(Cl)c3)c2C(F)(F)F)nc(OC(N)=O)c1F. The minimum Gasteiger partial charge on any atom is -0.388 e. The van der Waals surface area contributed by atoms with E-state index in [4.69, 9.17) is 17.3 Å². The van der Waals surface area contributed by atoms with Gasteiger partial charge in [0.25, 0.3) is 11.8 Å². The number of primary amides is 1. The number of alkyl halides is 3. The number of amides is 2. The van der Waals surface area contributed by atoms with E-state index in [1.54, 1.807) is 20.8 Å². The Labute approximate surface area is 221 Å². The Kier molecular flexibility index (Phi) is 6.99. The summed E-state index contributed by atoms with van der Waals surface area (Å²) in [7, 11) is 0. The highest BCUT2D eigenvalue weighted by Gasteiger charge is 2.41. The average molecular weight is 568 g/mol.